The molecule has 0 fully saturated rings. The number of benzene rings is 2. The third kappa shape index (κ3) is 2.44. The molecule has 1 aliphatic heterocycles. The Morgan fingerprint density at radius 2 is 2.15 bits per heavy atom. The van der Waals surface area contributed by atoms with Crippen LogP contribution in [0.3, 0.4) is 0 Å². The zero-order chi connectivity index (χ0) is 18.4. The summed E-state index contributed by atoms with van der Waals surface area (Å²) in [5, 5.41) is 5.44. The maximum atomic E-state index is 12.0. The van der Waals surface area contributed by atoms with Crippen molar-refractivity contribution in [3.63, 3.8) is 0 Å². The van der Waals surface area contributed by atoms with Gasteiger partial charge in [-0.15, -0.1) is 11.3 Å². The second-order valence-corrected chi connectivity index (χ2v) is 7.29. The second kappa shape index (κ2) is 6.25. The Balaban J connectivity index is 1.73. The smallest absolute Gasteiger partial charge is 0.195 e. The number of hydrogen-bond donors (Lipinski definition) is 1. The van der Waals surface area contributed by atoms with E-state index in [0.717, 1.165) is 41.0 Å². The Morgan fingerprint density at radius 3 is 3.00 bits per heavy atom. The molecule has 134 valence electrons. The number of nitrogens with zero attached hydrogens (tertiary/aromatic N) is 2. The van der Waals surface area contributed by atoms with E-state index in [1.807, 2.05) is 28.7 Å². The van der Waals surface area contributed by atoms with Crippen LogP contribution in [0.1, 0.15) is 16.1 Å². The first kappa shape index (κ1) is 16.1. The van der Waals surface area contributed by atoms with Crippen molar-refractivity contribution in [1.82, 2.24) is 9.38 Å². The first-order valence-corrected chi connectivity index (χ1v) is 9.64. The minimum Gasteiger partial charge on any atom is -0.496 e. The summed E-state index contributed by atoms with van der Waals surface area (Å²) in [4.78, 5) is 17.6. The predicted molar refractivity (Wildman–Crippen MR) is 108 cm³/mol. The number of rotatable bonds is 4. The van der Waals surface area contributed by atoms with Gasteiger partial charge in [0.25, 0.3) is 0 Å². The van der Waals surface area contributed by atoms with Gasteiger partial charge in [-0.1, -0.05) is 18.2 Å². The van der Waals surface area contributed by atoms with Crippen LogP contribution in [0.15, 0.2) is 47.8 Å². The van der Waals surface area contributed by atoms with Gasteiger partial charge in [0.1, 0.15) is 17.1 Å². The summed E-state index contributed by atoms with van der Waals surface area (Å²) in [6.45, 7) is 0.973. The van der Waals surface area contributed by atoms with Crippen molar-refractivity contribution in [3.8, 4) is 28.3 Å². The highest BCUT2D eigenvalue weighted by Gasteiger charge is 2.21. The minimum atomic E-state index is 0.546. The zero-order valence-corrected chi connectivity index (χ0v) is 15.5. The molecule has 0 unspecified atom stereocenters. The third-order valence-corrected chi connectivity index (χ3v) is 5.81. The van der Waals surface area contributed by atoms with Crippen LogP contribution in [0.25, 0.3) is 27.5 Å². The molecular formula is C21H17N3O2S. The predicted octanol–water partition coefficient (Wildman–Crippen LogP) is 4.52. The van der Waals surface area contributed by atoms with Crippen molar-refractivity contribution in [2.24, 2.45) is 0 Å². The molecule has 2 aromatic carbocycles. The summed E-state index contributed by atoms with van der Waals surface area (Å²) in [6.07, 6.45) is 1.90. The SMILES string of the molecule is COc1ccccc1-c1nc2scc(-c3ccc4c(c3)CCN4)n2c1C=O. The highest BCUT2D eigenvalue weighted by molar-refractivity contribution is 7.15. The molecule has 1 N–H and O–H groups in total. The summed E-state index contributed by atoms with van der Waals surface area (Å²) >= 11 is 1.54. The second-order valence-electron chi connectivity index (χ2n) is 6.45. The molecule has 0 saturated carbocycles. The van der Waals surface area contributed by atoms with Gasteiger partial charge in [-0.05, 0) is 41.8 Å². The third-order valence-electron chi connectivity index (χ3n) is 4.98. The number of nitrogens with one attached hydrogen (secondary N) is 1. The molecule has 1 aliphatic rings. The van der Waals surface area contributed by atoms with E-state index in [0.29, 0.717) is 17.1 Å². The quantitative estimate of drug-likeness (QED) is 0.533. The van der Waals surface area contributed by atoms with E-state index in [2.05, 4.69) is 28.9 Å². The lowest BCUT2D eigenvalue weighted by atomic mass is 10.1. The summed E-state index contributed by atoms with van der Waals surface area (Å²) in [5.74, 6) is 0.705. The van der Waals surface area contributed by atoms with E-state index in [1.165, 1.54) is 22.6 Å². The van der Waals surface area contributed by atoms with Gasteiger partial charge in [0, 0.05) is 23.2 Å². The van der Waals surface area contributed by atoms with Gasteiger partial charge < -0.3 is 10.1 Å². The number of carbonyl (C=O) groups is 1. The average Bonchev–Trinajstić information content (AvgIpc) is 3.41. The topological polar surface area (TPSA) is 55.6 Å². The number of aromatic nitrogens is 2. The van der Waals surface area contributed by atoms with Crippen LogP contribution in [0.5, 0.6) is 5.75 Å². The maximum absolute atomic E-state index is 12.0. The zero-order valence-electron chi connectivity index (χ0n) is 14.7. The summed E-state index contributed by atoms with van der Waals surface area (Å²) in [5.41, 5.74) is 6.60. The van der Waals surface area contributed by atoms with Crippen LogP contribution in [0, 0.1) is 0 Å². The molecule has 4 aromatic rings. The lowest BCUT2D eigenvalue weighted by molar-refractivity contribution is 0.111. The molecular weight excluding hydrogens is 358 g/mol. The fourth-order valence-corrected chi connectivity index (χ4v) is 4.60. The van der Waals surface area contributed by atoms with Crippen LogP contribution in [0.4, 0.5) is 5.69 Å². The number of methoxy groups -OCH3 is 1. The van der Waals surface area contributed by atoms with Gasteiger partial charge in [-0.3, -0.25) is 9.20 Å². The van der Waals surface area contributed by atoms with Gasteiger partial charge in [-0.2, -0.15) is 0 Å². The van der Waals surface area contributed by atoms with Gasteiger partial charge in [-0.25, -0.2) is 4.98 Å². The highest BCUT2D eigenvalue weighted by Crippen LogP contribution is 2.37. The monoisotopic (exact) mass is 375 g/mol. The van der Waals surface area contributed by atoms with E-state index in [-0.39, 0.29) is 0 Å². The summed E-state index contributed by atoms with van der Waals surface area (Å²) < 4.78 is 7.42. The molecule has 2 aromatic heterocycles. The van der Waals surface area contributed by atoms with E-state index >= 15 is 0 Å². The van der Waals surface area contributed by atoms with Gasteiger partial charge in [0.15, 0.2) is 11.2 Å². The van der Waals surface area contributed by atoms with Crippen molar-refractivity contribution >= 4 is 28.3 Å². The van der Waals surface area contributed by atoms with Gasteiger partial charge in [0.2, 0.25) is 0 Å². The van der Waals surface area contributed by atoms with Crippen LogP contribution in [-0.4, -0.2) is 29.3 Å². The van der Waals surface area contributed by atoms with Crippen molar-refractivity contribution in [2.45, 2.75) is 6.42 Å². The Morgan fingerprint density at radius 1 is 1.26 bits per heavy atom. The molecule has 6 heteroatoms. The largest absolute Gasteiger partial charge is 0.496 e. The van der Waals surface area contributed by atoms with E-state index in [4.69, 9.17) is 9.72 Å². The lowest BCUT2D eigenvalue weighted by Crippen LogP contribution is -1.96. The summed E-state index contributed by atoms with van der Waals surface area (Å²) in [6, 6.07) is 14.1. The van der Waals surface area contributed by atoms with Crippen molar-refractivity contribution in [1.29, 1.82) is 0 Å². The number of para-hydroxylation sites is 1. The Bertz CT molecular complexity index is 1180. The van der Waals surface area contributed by atoms with Crippen molar-refractivity contribution < 1.29 is 9.53 Å². The lowest BCUT2D eigenvalue weighted by Gasteiger charge is -2.07. The van der Waals surface area contributed by atoms with Crippen LogP contribution in [-0.2, 0) is 6.42 Å². The van der Waals surface area contributed by atoms with Gasteiger partial charge in [0.05, 0.1) is 12.8 Å². The van der Waals surface area contributed by atoms with E-state index in [1.54, 1.807) is 7.11 Å². The standard InChI is InChI=1S/C21H17N3O2S/c1-26-19-5-3-2-4-15(19)20-17(11-25)24-18(12-27-21(24)23-20)14-6-7-16-13(10-14)8-9-22-16/h2-7,10-12,22H,8-9H2,1H3. The van der Waals surface area contributed by atoms with Crippen LogP contribution in [0.2, 0.25) is 0 Å². The van der Waals surface area contributed by atoms with Crippen LogP contribution >= 0.6 is 11.3 Å². The Hall–Kier alpha value is -3.12. The first-order chi connectivity index (χ1) is 13.3. The number of fused-ring (bicyclic) bond motifs is 2. The molecule has 0 bridgehead atoms. The number of carbonyl (C=O) groups excluding carboxylic acids is 1. The highest BCUT2D eigenvalue weighted by atomic mass is 32.1. The maximum Gasteiger partial charge on any atom is 0.195 e. The molecule has 0 saturated heterocycles. The first-order valence-electron chi connectivity index (χ1n) is 8.76. The number of ether oxygens (including phenoxy) is 1. The van der Waals surface area contributed by atoms with Crippen LogP contribution < -0.4 is 10.1 Å². The molecule has 27 heavy (non-hydrogen) atoms. The van der Waals surface area contributed by atoms with E-state index in [9.17, 15) is 4.79 Å². The molecule has 0 spiro atoms. The fourth-order valence-electron chi connectivity index (χ4n) is 3.69. The molecule has 0 aliphatic carbocycles. The minimum absolute atomic E-state index is 0.546. The number of anilines is 1. The van der Waals surface area contributed by atoms with E-state index < -0.39 is 0 Å². The molecule has 0 amide bonds. The Labute approximate surface area is 160 Å². The molecule has 5 rings (SSSR count). The molecule has 5 nitrogen and oxygen atoms in total. The summed E-state index contributed by atoms with van der Waals surface area (Å²) in [7, 11) is 1.63. The molecule has 3 heterocycles. The number of hydrogen-bond acceptors (Lipinski definition) is 5. The number of thiazole rings is 1. The van der Waals surface area contributed by atoms with Gasteiger partial charge >= 0.3 is 0 Å². The van der Waals surface area contributed by atoms with Crippen molar-refractivity contribution in [2.75, 3.05) is 19.0 Å². The van der Waals surface area contributed by atoms with Crippen molar-refractivity contribution in [3.05, 3.63) is 59.1 Å². The normalized spacial score (nSPS) is 12.8. The fraction of sp³-hybridized carbons (Fsp3) is 0.143. The number of imidazole rings is 1. The number of aldehydes is 1. The average molecular weight is 375 g/mol. The molecule has 0 atom stereocenters. The molecule has 0 radical (unpaired) electrons. The Kier molecular flexibility index (Phi) is 3.72.